The van der Waals surface area contributed by atoms with Crippen LogP contribution in [0.1, 0.15) is 20.8 Å². The Morgan fingerprint density at radius 1 is 1.29 bits per heavy atom. The largest absolute Gasteiger partial charge is 0.353 e. The number of rotatable bonds is 5. The Bertz CT molecular complexity index is 612. The molecule has 7 heteroatoms. The highest BCUT2D eigenvalue weighted by Crippen LogP contribution is 2.23. The molecule has 0 aliphatic carbocycles. The van der Waals surface area contributed by atoms with E-state index in [2.05, 4.69) is 20.5 Å². The number of amides is 1. The van der Waals surface area contributed by atoms with E-state index in [1.807, 2.05) is 32.9 Å². The van der Waals surface area contributed by atoms with Crippen LogP contribution in [-0.2, 0) is 4.79 Å². The molecule has 2 rings (SSSR count). The van der Waals surface area contributed by atoms with E-state index in [0.717, 1.165) is 5.56 Å². The van der Waals surface area contributed by atoms with Gasteiger partial charge in [-0.2, -0.15) is 0 Å². The zero-order valence-electron chi connectivity index (χ0n) is 12.1. The van der Waals surface area contributed by atoms with E-state index in [1.54, 1.807) is 12.1 Å². The van der Waals surface area contributed by atoms with E-state index in [9.17, 15) is 4.79 Å². The third kappa shape index (κ3) is 4.47. The van der Waals surface area contributed by atoms with Crippen molar-refractivity contribution < 1.29 is 4.79 Å². The summed E-state index contributed by atoms with van der Waals surface area (Å²) in [5.41, 5.74) is 0.901. The van der Waals surface area contributed by atoms with Crippen molar-refractivity contribution in [2.45, 2.75) is 37.2 Å². The van der Waals surface area contributed by atoms with E-state index >= 15 is 0 Å². The molecule has 0 fully saturated rings. The number of aromatic nitrogens is 3. The van der Waals surface area contributed by atoms with Gasteiger partial charge in [0.2, 0.25) is 11.1 Å². The van der Waals surface area contributed by atoms with Crippen molar-refractivity contribution in [1.82, 2.24) is 20.5 Å². The Hall–Kier alpha value is -1.53. The molecule has 1 heterocycles. The van der Waals surface area contributed by atoms with E-state index in [0.29, 0.717) is 16.0 Å². The van der Waals surface area contributed by atoms with Gasteiger partial charge in [-0.15, -0.1) is 5.10 Å². The molecule has 1 atom stereocenters. The number of nitrogens with zero attached hydrogens (tertiary/aromatic N) is 2. The highest BCUT2D eigenvalue weighted by atomic mass is 35.5. The van der Waals surface area contributed by atoms with Gasteiger partial charge >= 0.3 is 0 Å². The molecule has 2 N–H and O–H groups in total. The fourth-order valence-corrected chi connectivity index (χ4v) is 2.51. The van der Waals surface area contributed by atoms with Crippen LogP contribution in [0.2, 0.25) is 5.02 Å². The normalized spacial score (nSPS) is 12.4. The minimum atomic E-state index is -0.249. The van der Waals surface area contributed by atoms with Crippen LogP contribution in [0, 0.1) is 0 Å². The number of halogens is 1. The first kappa shape index (κ1) is 15.9. The van der Waals surface area contributed by atoms with Crippen LogP contribution in [0.4, 0.5) is 0 Å². The molecule has 0 saturated carbocycles. The summed E-state index contributed by atoms with van der Waals surface area (Å²) in [6.45, 7) is 5.70. The minimum Gasteiger partial charge on any atom is -0.353 e. The van der Waals surface area contributed by atoms with Gasteiger partial charge in [0.25, 0.3) is 0 Å². The number of H-pyrrole nitrogens is 1. The first-order valence-electron chi connectivity index (χ1n) is 6.61. The Morgan fingerprint density at radius 3 is 2.57 bits per heavy atom. The molecule has 0 aliphatic rings. The average Bonchev–Trinajstić information content (AvgIpc) is 2.87. The first-order chi connectivity index (χ1) is 9.95. The summed E-state index contributed by atoms with van der Waals surface area (Å²) in [5.74, 6) is 0.637. The lowest BCUT2D eigenvalue weighted by Crippen LogP contribution is -2.35. The highest BCUT2D eigenvalue weighted by Gasteiger charge is 2.17. The van der Waals surface area contributed by atoms with Crippen LogP contribution in [0.15, 0.2) is 29.4 Å². The lowest BCUT2D eigenvalue weighted by Gasteiger charge is -2.12. The van der Waals surface area contributed by atoms with Gasteiger partial charge in [-0.1, -0.05) is 23.4 Å². The second kappa shape index (κ2) is 6.95. The predicted octanol–water partition coefficient (Wildman–Crippen LogP) is 3.13. The maximum Gasteiger partial charge on any atom is 0.233 e. The van der Waals surface area contributed by atoms with Crippen molar-refractivity contribution in [3.63, 3.8) is 0 Å². The molecule has 0 saturated heterocycles. The van der Waals surface area contributed by atoms with Gasteiger partial charge in [0.1, 0.15) is 0 Å². The maximum absolute atomic E-state index is 11.9. The van der Waals surface area contributed by atoms with Crippen molar-refractivity contribution in [3.8, 4) is 11.4 Å². The molecule has 1 amide bonds. The van der Waals surface area contributed by atoms with Gasteiger partial charge < -0.3 is 5.32 Å². The summed E-state index contributed by atoms with van der Waals surface area (Å²) in [6.07, 6.45) is 0. The van der Waals surface area contributed by atoms with E-state index < -0.39 is 0 Å². The molecule has 21 heavy (non-hydrogen) atoms. The van der Waals surface area contributed by atoms with Crippen LogP contribution in [0.5, 0.6) is 0 Å². The second-order valence-corrected chi connectivity index (χ2v) is 6.64. The van der Waals surface area contributed by atoms with Gasteiger partial charge in [0.05, 0.1) is 5.25 Å². The van der Waals surface area contributed by atoms with Crippen LogP contribution in [-0.4, -0.2) is 32.4 Å². The third-order valence-corrected chi connectivity index (χ3v) is 3.88. The molecule has 1 aromatic carbocycles. The second-order valence-electron chi connectivity index (χ2n) is 4.90. The Labute approximate surface area is 132 Å². The third-order valence-electron chi connectivity index (χ3n) is 2.66. The van der Waals surface area contributed by atoms with Crippen LogP contribution >= 0.6 is 23.4 Å². The number of benzene rings is 1. The maximum atomic E-state index is 11.9. The Balaban J connectivity index is 2.03. The van der Waals surface area contributed by atoms with Crippen LogP contribution < -0.4 is 5.32 Å². The van der Waals surface area contributed by atoms with E-state index in [1.165, 1.54) is 11.8 Å². The lowest BCUT2D eigenvalue weighted by atomic mass is 10.2. The van der Waals surface area contributed by atoms with E-state index in [4.69, 9.17) is 11.6 Å². The van der Waals surface area contributed by atoms with Gasteiger partial charge in [-0.25, -0.2) is 4.98 Å². The molecule has 0 radical (unpaired) electrons. The number of hydrogen-bond acceptors (Lipinski definition) is 4. The topological polar surface area (TPSA) is 70.7 Å². The van der Waals surface area contributed by atoms with Crippen LogP contribution in [0.25, 0.3) is 11.4 Å². The standard InChI is InChI=1S/C14H17ClN4OS/c1-8(2)16-13(20)9(3)21-14-17-12(18-19-14)10-4-6-11(15)7-5-10/h4-9H,1-3H3,(H,16,20)(H,17,18,19). The van der Waals surface area contributed by atoms with E-state index in [-0.39, 0.29) is 17.2 Å². The fraction of sp³-hybridized carbons (Fsp3) is 0.357. The molecule has 1 aromatic heterocycles. The Kier molecular flexibility index (Phi) is 5.25. The van der Waals surface area contributed by atoms with Gasteiger partial charge in [0.15, 0.2) is 5.82 Å². The number of nitrogens with one attached hydrogen (secondary N) is 2. The van der Waals surface area contributed by atoms with Gasteiger partial charge in [-0.05, 0) is 45.0 Å². The number of carbonyl (C=O) groups is 1. The summed E-state index contributed by atoms with van der Waals surface area (Å²) in [4.78, 5) is 16.2. The molecule has 2 aromatic rings. The summed E-state index contributed by atoms with van der Waals surface area (Å²) >= 11 is 7.18. The van der Waals surface area contributed by atoms with Gasteiger partial charge in [-0.3, -0.25) is 9.89 Å². The quantitative estimate of drug-likeness (QED) is 0.829. The number of carbonyl (C=O) groups excluding carboxylic acids is 1. The molecular weight excluding hydrogens is 308 g/mol. The van der Waals surface area contributed by atoms with Crippen LogP contribution in [0.3, 0.4) is 0 Å². The van der Waals surface area contributed by atoms with Crippen molar-refractivity contribution >= 4 is 29.3 Å². The zero-order chi connectivity index (χ0) is 15.4. The lowest BCUT2D eigenvalue weighted by molar-refractivity contribution is -0.120. The molecule has 0 spiro atoms. The van der Waals surface area contributed by atoms with Crippen molar-refractivity contribution in [2.75, 3.05) is 0 Å². The predicted molar refractivity (Wildman–Crippen MR) is 85.4 cm³/mol. The first-order valence-corrected chi connectivity index (χ1v) is 7.87. The summed E-state index contributed by atoms with van der Waals surface area (Å²) in [7, 11) is 0. The monoisotopic (exact) mass is 324 g/mol. The highest BCUT2D eigenvalue weighted by molar-refractivity contribution is 8.00. The average molecular weight is 325 g/mol. The molecule has 112 valence electrons. The smallest absolute Gasteiger partial charge is 0.233 e. The summed E-state index contributed by atoms with van der Waals surface area (Å²) < 4.78 is 0. The molecule has 5 nitrogen and oxygen atoms in total. The number of aromatic amines is 1. The molecule has 1 unspecified atom stereocenters. The molecule has 0 bridgehead atoms. The summed E-state index contributed by atoms with van der Waals surface area (Å²) in [5, 5.41) is 10.8. The molecule has 0 aliphatic heterocycles. The van der Waals surface area contributed by atoms with Crippen molar-refractivity contribution in [2.24, 2.45) is 0 Å². The zero-order valence-corrected chi connectivity index (χ0v) is 13.6. The number of hydrogen-bond donors (Lipinski definition) is 2. The molecular formula is C14H17ClN4OS. The minimum absolute atomic E-state index is 0.0205. The SMILES string of the molecule is CC(C)NC(=O)C(C)Sc1n[nH]c(-c2ccc(Cl)cc2)n1. The Morgan fingerprint density at radius 2 is 1.95 bits per heavy atom. The summed E-state index contributed by atoms with van der Waals surface area (Å²) in [6, 6.07) is 7.45. The fourth-order valence-electron chi connectivity index (χ4n) is 1.65. The van der Waals surface area contributed by atoms with Crippen molar-refractivity contribution in [1.29, 1.82) is 0 Å². The number of thioether (sulfide) groups is 1. The van der Waals surface area contributed by atoms with Crippen molar-refractivity contribution in [3.05, 3.63) is 29.3 Å². The van der Waals surface area contributed by atoms with Gasteiger partial charge in [0, 0.05) is 16.6 Å².